The van der Waals surface area contributed by atoms with Gasteiger partial charge in [-0.1, -0.05) is 54.9 Å². The number of esters is 1. The largest absolute Gasteiger partial charge is 0.460 e. The van der Waals surface area contributed by atoms with E-state index >= 15 is 0 Å². The number of carbonyl (C=O) groups is 1. The number of hydrogen-bond donors (Lipinski definition) is 0. The number of rotatable bonds is 7. The predicted molar refractivity (Wildman–Crippen MR) is 118 cm³/mol. The zero-order valence-electron chi connectivity index (χ0n) is 16.5. The fourth-order valence-corrected chi connectivity index (χ4v) is 2.75. The second-order valence-corrected chi connectivity index (χ2v) is 7.13. The Morgan fingerprint density at radius 1 is 0.897 bits per heavy atom. The van der Waals surface area contributed by atoms with E-state index in [0.29, 0.717) is 0 Å². The molecule has 0 saturated heterocycles. The molecule has 1 unspecified atom stereocenters. The third-order valence-corrected chi connectivity index (χ3v) is 4.70. The van der Waals surface area contributed by atoms with Crippen LogP contribution in [0.25, 0.3) is 17.2 Å². The summed E-state index contributed by atoms with van der Waals surface area (Å²) in [7, 11) is 0. The minimum Gasteiger partial charge on any atom is -0.460 e. The predicted octanol–water partition coefficient (Wildman–Crippen LogP) is 7.15. The van der Waals surface area contributed by atoms with E-state index in [-0.39, 0.29) is 12.1 Å². The summed E-state index contributed by atoms with van der Waals surface area (Å²) in [5.41, 5.74) is 3.10. The molecule has 148 valence electrons. The molecule has 3 nitrogen and oxygen atoms in total. The van der Waals surface area contributed by atoms with Crippen molar-refractivity contribution in [1.82, 2.24) is 0 Å². The summed E-state index contributed by atoms with van der Waals surface area (Å²) in [5, 5.41) is 0.722. The van der Waals surface area contributed by atoms with Crippen LogP contribution in [0.2, 0.25) is 5.02 Å². The lowest BCUT2D eigenvalue weighted by atomic mass is 10.1. The molecular weight excluding hydrogens is 384 g/mol. The molecule has 0 aliphatic carbocycles. The van der Waals surface area contributed by atoms with Crippen LogP contribution >= 0.6 is 11.6 Å². The molecule has 0 spiro atoms. The van der Waals surface area contributed by atoms with E-state index in [0.717, 1.165) is 39.6 Å². The zero-order valence-corrected chi connectivity index (χ0v) is 17.2. The monoisotopic (exact) mass is 406 g/mol. The lowest BCUT2D eigenvalue weighted by molar-refractivity contribution is -0.142. The molecule has 0 aromatic heterocycles. The summed E-state index contributed by atoms with van der Waals surface area (Å²) < 4.78 is 11.1. The summed E-state index contributed by atoms with van der Waals surface area (Å²) in [5.74, 6) is 1.15. The van der Waals surface area contributed by atoms with Crippen molar-refractivity contribution in [1.29, 1.82) is 0 Å². The van der Waals surface area contributed by atoms with Crippen molar-refractivity contribution in [3.05, 3.63) is 89.5 Å². The van der Waals surface area contributed by atoms with Gasteiger partial charge in [0.05, 0.1) is 6.10 Å². The maximum absolute atomic E-state index is 11.7. The van der Waals surface area contributed by atoms with E-state index in [1.54, 1.807) is 6.08 Å². The maximum atomic E-state index is 11.7. The number of ether oxygens (including phenoxy) is 2. The molecule has 3 aromatic carbocycles. The molecule has 0 radical (unpaired) electrons. The molecular formula is C25H23ClO3. The Labute approximate surface area is 176 Å². The lowest BCUT2D eigenvalue weighted by Crippen LogP contribution is -2.11. The molecule has 29 heavy (non-hydrogen) atoms. The van der Waals surface area contributed by atoms with Crippen molar-refractivity contribution >= 4 is 23.6 Å². The van der Waals surface area contributed by atoms with Gasteiger partial charge >= 0.3 is 5.97 Å². The minimum atomic E-state index is -0.333. The molecule has 4 heteroatoms. The molecule has 0 aliphatic heterocycles. The Morgan fingerprint density at radius 2 is 1.41 bits per heavy atom. The molecule has 0 fully saturated rings. The van der Waals surface area contributed by atoms with Gasteiger partial charge in [0.2, 0.25) is 0 Å². The fraction of sp³-hybridized carbons (Fsp3) is 0.160. The smallest absolute Gasteiger partial charge is 0.331 e. The summed E-state index contributed by atoms with van der Waals surface area (Å²) in [6.07, 6.45) is 3.90. The third-order valence-electron chi connectivity index (χ3n) is 4.45. The normalized spacial score (nSPS) is 12.0. The first kappa shape index (κ1) is 20.7. The number of halogens is 1. The summed E-state index contributed by atoms with van der Waals surface area (Å²) >= 11 is 5.94. The molecule has 0 amide bonds. The van der Waals surface area contributed by atoms with Gasteiger partial charge < -0.3 is 9.47 Å². The highest BCUT2D eigenvalue weighted by atomic mass is 35.5. The fourth-order valence-electron chi connectivity index (χ4n) is 2.63. The molecule has 3 rings (SSSR count). The van der Waals surface area contributed by atoms with Crippen molar-refractivity contribution in [2.75, 3.05) is 0 Å². The Kier molecular flexibility index (Phi) is 7.09. The van der Waals surface area contributed by atoms with Crippen LogP contribution in [0, 0.1) is 0 Å². The van der Waals surface area contributed by atoms with Crippen LogP contribution in [0.4, 0.5) is 0 Å². The quantitative estimate of drug-likeness (QED) is 0.308. The van der Waals surface area contributed by atoms with Crippen LogP contribution in [-0.4, -0.2) is 12.1 Å². The molecule has 0 aliphatic rings. The Bertz CT molecular complexity index is 958. The van der Waals surface area contributed by atoms with E-state index in [1.165, 1.54) is 6.08 Å². The summed E-state index contributed by atoms with van der Waals surface area (Å²) in [4.78, 5) is 11.7. The number of carbonyl (C=O) groups excluding carboxylic acids is 1. The van der Waals surface area contributed by atoms with E-state index in [2.05, 4.69) is 0 Å². The average Bonchev–Trinajstić information content (AvgIpc) is 2.74. The molecule has 0 saturated carbocycles. The van der Waals surface area contributed by atoms with Gasteiger partial charge in [0.15, 0.2) is 0 Å². The molecule has 0 N–H and O–H groups in total. The standard InChI is InChI=1S/C25H23ClO3/c1-3-18(2)28-25(27)17-6-19-4-13-23(14-5-19)29-24-15-9-21(10-16-24)20-7-11-22(26)12-8-20/h4-18H,3H2,1-2H3/b17-6+. The van der Waals surface area contributed by atoms with E-state index in [9.17, 15) is 4.79 Å². The minimum absolute atomic E-state index is 0.0750. The second-order valence-electron chi connectivity index (χ2n) is 6.69. The van der Waals surface area contributed by atoms with Crippen molar-refractivity contribution in [2.45, 2.75) is 26.4 Å². The van der Waals surface area contributed by atoms with Crippen LogP contribution in [0.15, 0.2) is 78.9 Å². The van der Waals surface area contributed by atoms with E-state index < -0.39 is 0 Å². The van der Waals surface area contributed by atoms with Gasteiger partial charge in [-0.25, -0.2) is 4.79 Å². The Hall–Kier alpha value is -3.04. The first-order valence-corrected chi connectivity index (χ1v) is 9.94. The number of benzene rings is 3. The van der Waals surface area contributed by atoms with Crippen LogP contribution in [0.1, 0.15) is 25.8 Å². The summed E-state index contributed by atoms with van der Waals surface area (Å²) in [6.45, 7) is 3.85. The van der Waals surface area contributed by atoms with Crippen molar-refractivity contribution < 1.29 is 14.3 Å². The van der Waals surface area contributed by atoms with Gasteiger partial charge in [0.1, 0.15) is 11.5 Å². The molecule has 0 bridgehead atoms. The maximum Gasteiger partial charge on any atom is 0.331 e. The first-order valence-electron chi connectivity index (χ1n) is 9.56. The van der Waals surface area contributed by atoms with Gasteiger partial charge in [-0.2, -0.15) is 0 Å². The lowest BCUT2D eigenvalue weighted by Gasteiger charge is -2.08. The Morgan fingerprint density at radius 3 is 1.97 bits per heavy atom. The topological polar surface area (TPSA) is 35.5 Å². The van der Waals surface area contributed by atoms with Gasteiger partial charge in [-0.05, 0) is 72.5 Å². The first-order chi connectivity index (χ1) is 14.0. The highest BCUT2D eigenvalue weighted by Gasteiger charge is 2.04. The van der Waals surface area contributed by atoms with Crippen molar-refractivity contribution in [2.24, 2.45) is 0 Å². The highest BCUT2D eigenvalue weighted by molar-refractivity contribution is 6.30. The average molecular weight is 407 g/mol. The Balaban J connectivity index is 1.59. The van der Waals surface area contributed by atoms with Crippen LogP contribution < -0.4 is 4.74 Å². The van der Waals surface area contributed by atoms with Gasteiger partial charge in [0, 0.05) is 11.1 Å². The third kappa shape index (κ3) is 6.23. The SMILES string of the molecule is CCC(C)OC(=O)/C=C/c1ccc(Oc2ccc(-c3ccc(Cl)cc3)cc2)cc1. The number of hydrogen-bond acceptors (Lipinski definition) is 3. The van der Waals surface area contributed by atoms with Crippen molar-refractivity contribution in [3.63, 3.8) is 0 Å². The van der Waals surface area contributed by atoms with Crippen LogP contribution in [0.5, 0.6) is 11.5 Å². The van der Waals surface area contributed by atoms with Gasteiger partial charge in [0.25, 0.3) is 0 Å². The van der Waals surface area contributed by atoms with Crippen LogP contribution in [0.3, 0.4) is 0 Å². The van der Waals surface area contributed by atoms with Gasteiger partial charge in [-0.3, -0.25) is 0 Å². The van der Waals surface area contributed by atoms with E-state index in [1.807, 2.05) is 86.6 Å². The molecule has 0 heterocycles. The van der Waals surface area contributed by atoms with Gasteiger partial charge in [-0.15, -0.1) is 0 Å². The van der Waals surface area contributed by atoms with Crippen molar-refractivity contribution in [3.8, 4) is 22.6 Å². The molecule has 1 atom stereocenters. The highest BCUT2D eigenvalue weighted by Crippen LogP contribution is 2.27. The second kappa shape index (κ2) is 9.94. The van der Waals surface area contributed by atoms with E-state index in [4.69, 9.17) is 21.1 Å². The molecule has 3 aromatic rings. The van der Waals surface area contributed by atoms with Crippen LogP contribution in [-0.2, 0) is 9.53 Å². The zero-order chi connectivity index (χ0) is 20.6. The summed E-state index contributed by atoms with van der Waals surface area (Å²) in [6, 6.07) is 23.1.